The zero-order chi connectivity index (χ0) is 19.9. The van der Waals surface area contributed by atoms with Crippen molar-refractivity contribution in [1.82, 2.24) is 9.78 Å². The maximum atomic E-state index is 12.9. The predicted molar refractivity (Wildman–Crippen MR) is 105 cm³/mol. The van der Waals surface area contributed by atoms with Crippen molar-refractivity contribution in [2.75, 3.05) is 18.5 Å². The van der Waals surface area contributed by atoms with Gasteiger partial charge in [0, 0.05) is 6.54 Å². The quantitative estimate of drug-likeness (QED) is 0.604. The minimum Gasteiger partial charge on any atom is -0.491 e. The van der Waals surface area contributed by atoms with Crippen molar-refractivity contribution >= 4 is 17.3 Å². The molecule has 28 heavy (non-hydrogen) atoms. The van der Waals surface area contributed by atoms with Crippen LogP contribution in [0.1, 0.15) is 5.56 Å². The Bertz CT molecular complexity index is 965. The Morgan fingerprint density at radius 3 is 2.61 bits per heavy atom. The normalized spacial score (nSPS) is 11.8. The number of nitrogens with zero attached hydrogens (tertiary/aromatic N) is 2. The fourth-order valence-corrected chi connectivity index (χ4v) is 2.68. The van der Waals surface area contributed by atoms with Gasteiger partial charge < -0.3 is 15.2 Å². The fraction of sp³-hybridized carbons (Fsp3) is 0.200. The number of aliphatic hydroxyl groups is 1. The first-order chi connectivity index (χ1) is 13.5. The molecule has 0 bridgehead atoms. The van der Waals surface area contributed by atoms with Crippen LogP contribution in [0.15, 0.2) is 65.6 Å². The van der Waals surface area contributed by atoms with Crippen LogP contribution in [-0.2, 0) is 6.54 Å². The smallest absolute Gasteiger partial charge is 0.287 e. The van der Waals surface area contributed by atoms with Crippen molar-refractivity contribution in [3.05, 3.63) is 87.6 Å². The number of aromatic nitrogens is 2. The summed E-state index contributed by atoms with van der Waals surface area (Å²) in [5, 5.41) is 17.0. The summed E-state index contributed by atoms with van der Waals surface area (Å²) in [7, 11) is 0. The summed E-state index contributed by atoms with van der Waals surface area (Å²) in [5.74, 6) is 0.0855. The molecular weight excluding hydrogens is 385 g/mol. The number of rotatable bonds is 8. The molecule has 2 N–H and O–H groups in total. The summed E-state index contributed by atoms with van der Waals surface area (Å²) in [5.41, 5.74) is 0.839. The van der Waals surface area contributed by atoms with Crippen molar-refractivity contribution in [2.45, 2.75) is 12.6 Å². The van der Waals surface area contributed by atoms with Crippen LogP contribution >= 0.6 is 11.6 Å². The van der Waals surface area contributed by atoms with Gasteiger partial charge in [-0.1, -0.05) is 41.9 Å². The minimum atomic E-state index is -0.868. The molecule has 3 rings (SSSR count). The van der Waals surface area contributed by atoms with Crippen molar-refractivity contribution in [3.63, 3.8) is 0 Å². The summed E-state index contributed by atoms with van der Waals surface area (Å²) in [6.07, 6.45) is 0.577. The zero-order valence-corrected chi connectivity index (χ0v) is 15.6. The van der Waals surface area contributed by atoms with Crippen molar-refractivity contribution in [2.24, 2.45) is 0 Å². The molecule has 0 radical (unpaired) electrons. The van der Waals surface area contributed by atoms with Crippen LogP contribution in [0.25, 0.3) is 0 Å². The highest BCUT2D eigenvalue weighted by Crippen LogP contribution is 2.16. The van der Waals surface area contributed by atoms with Gasteiger partial charge in [-0.25, -0.2) is 9.07 Å². The molecule has 0 aliphatic rings. The zero-order valence-electron chi connectivity index (χ0n) is 14.9. The molecule has 2 aromatic carbocycles. The molecule has 1 heterocycles. The van der Waals surface area contributed by atoms with Crippen molar-refractivity contribution in [3.8, 4) is 5.75 Å². The largest absolute Gasteiger partial charge is 0.491 e. The van der Waals surface area contributed by atoms with Crippen LogP contribution in [0.2, 0.25) is 5.02 Å². The predicted octanol–water partition coefficient (Wildman–Crippen LogP) is 2.94. The molecule has 0 fully saturated rings. The van der Waals surface area contributed by atoms with Crippen LogP contribution in [-0.4, -0.2) is 34.1 Å². The van der Waals surface area contributed by atoms with Gasteiger partial charge in [0.15, 0.2) is 0 Å². The van der Waals surface area contributed by atoms with Gasteiger partial charge in [-0.15, -0.1) is 0 Å². The number of hydrogen-bond acceptors (Lipinski definition) is 5. The molecular formula is C20H19ClFN3O3. The average Bonchev–Trinajstić information content (AvgIpc) is 2.71. The lowest BCUT2D eigenvalue weighted by Crippen LogP contribution is -2.29. The van der Waals surface area contributed by atoms with E-state index in [0.29, 0.717) is 18.0 Å². The number of nitrogens with one attached hydrogen (secondary N) is 1. The highest BCUT2D eigenvalue weighted by atomic mass is 35.5. The number of aliphatic hydroxyl groups excluding tert-OH is 1. The second kappa shape index (κ2) is 9.34. The Labute approximate surface area is 166 Å². The number of ether oxygens (including phenoxy) is 1. The third-order valence-electron chi connectivity index (χ3n) is 3.94. The van der Waals surface area contributed by atoms with Gasteiger partial charge in [0.05, 0.1) is 18.4 Å². The highest BCUT2D eigenvalue weighted by Gasteiger charge is 2.12. The topological polar surface area (TPSA) is 76.4 Å². The van der Waals surface area contributed by atoms with Crippen molar-refractivity contribution in [1.29, 1.82) is 0 Å². The molecule has 1 unspecified atom stereocenters. The van der Waals surface area contributed by atoms with E-state index in [2.05, 4.69) is 10.4 Å². The molecule has 1 aromatic heterocycles. The molecule has 0 saturated carbocycles. The summed E-state index contributed by atoms with van der Waals surface area (Å²) in [6, 6.07) is 14.9. The van der Waals surface area contributed by atoms with Crippen LogP contribution in [0.5, 0.6) is 5.75 Å². The SMILES string of the molecule is O=c1c(Cl)c(NCC(O)COc2ccc(F)cc2)cnn1Cc1ccccc1. The molecule has 0 aliphatic carbocycles. The standard InChI is InChI=1S/C20H19ClFN3O3/c21-19-18(11-24-25(20(19)27)12-14-4-2-1-3-5-14)23-10-16(26)13-28-17-8-6-15(22)7-9-17/h1-9,11,16,23,26H,10,12-13H2. The summed E-state index contributed by atoms with van der Waals surface area (Å²) in [6.45, 7) is 0.410. The average molecular weight is 404 g/mol. The highest BCUT2D eigenvalue weighted by molar-refractivity contribution is 6.32. The minimum absolute atomic E-state index is 0.00224. The monoisotopic (exact) mass is 403 g/mol. The Morgan fingerprint density at radius 2 is 1.89 bits per heavy atom. The summed E-state index contributed by atoms with van der Waals surface area (Å²) in [4.78, 5) is 12.4. The Balaban J connectivity index is 1.56. The Morgan fingerprint density at radius 1 is 1.18 bits per heavy atom. The molecule has 0 amide bonds. The van der Waals surface area contributed by atoms with Gasteiger partial charge in [-0.3, -0.25) is 4.79 Å². The molecule has 0 saturated heterocycles. The lowest BCUT2D eigenvalue weighted by Gasteiger charge is -2.15. The number of benzene rings is 2. The van der Waals surface area contributed by atoms with Gasteiger partial charge in [-0.05, 0) is 29.8 Å². The van der Waals surface area contributed by atoms with E-state index in [1.54, 1.807) is 0 Å². The van der Waals surface area contributed by atoms with Gasteiger partial charge in [0.25, 0.3) is 5.56 Å². The van der Waals surface area contributed by atoms with E-state index in [1.807, 2.05) is 30.3 Å². The molecule has 3 aromatic rings. The Kier molecular flexibility index (Phi) is 6.62. The third-order valence-corrected chi connectivity index (χ3v) is 4.31. The van der Waals surface area contributed by atoms with E-state index in [0.717, 1.165) is 5.56 Å². The third kappa shape index (κ3) is 5.31. The van der Waals surface area contributed by atoms with Crippen LogP contribution < -0.4 is 15.6 Å². The molecule has 1 atom stereocenters. The molecule has 8 heteroatoms. The second-order valence-electron chi connectivity index (χ2n) is 6.12. The lowest BCUT2D eigenvalue weighted by atomic mass is 10.2. The Hall–Kier alpha value is -2.90. The van der Waals surface area contributed by atoms with Gasteiger partial charge in [-0.2, -0.15) is 5.10 Å². The molecule has 6 nitrogen and oxygen atoms in total. The van der Waals surface area contributed by atoms with E-state index in [9.17, 15) is 14.3 Å². The summed E-state index contributed by atoms with van der Waals surface area (Å²) < 4.78 is 19.5. The van der Waals surface area contributed by atoms with Crippen LogP contribution in [0.3, 0.4) is 0 Å². The maximum Gasteiger partial charge on any atom is 0.287 e. The molecule has 146 valence electrons. The molecule has 0 aliphatic heterocycles. The first-order valence-electron chi connectivity index (χ1n) is 8.63. The van der Waals surface area contributed by atoms with E-state index in [1.165, 1.54) is 35.1 Å². The van der Waals surface area contributed by atoms with E-state index in [-0.39, 0.29) is 24.0 Å². The van der Waals surface area contributed by atoms with Gasteiger partial charge in [0.2, 0.25) is 0 Å². The van der Waals surface area contributed by atoms with Crippen LogP contribution in [0.4, 0.5) is 10.1 Å². The maximum absolute atomic E-state index is 12.9. The first-order valence-corrected chi connectivity index (χ1v) is 9.00. The first kappa shape index (κ1) is 19.9. The number of halogens is 2. The van der Waals surface area contributed by atoms with E-state index < -0.39 is 11.7 Å². The number of anilines is 1. The lowest BCUT2D eigenvalue weighted by molar-refractivity contribution is 0.117. The van der Waals surface area contributed by atoms with Crippen molar-refractivity contribution < 1.29 is 14.2 Å². The van der Waals surface area contributed by atoms with Gasteiger partial charge >= 0.3 is 0 Å². The number of hydrogen-bond donors (Lipinski definition) is 2. The molecule has 0 spiro atoms. The van der Waals surface area contributed by atoms with E-state index >= 15 is 0 Å². The fourth-order valence-electron chi connectivity index (χ4n) is 2.47. The van der Waals surface area contributed by atoms with Crippen LogP contribution in [0, 0.1) is 5.82 Å². The van der Waals surface area contributed by atoms with E-state index in [4.69, 9.17) is 16.3 Å². The van der Waals surface area contributed by atoms with Gasteiger partial charge in [0.1, 0.15) is 29.3 Å². The summed E-state index contributed by atoms with van der Waals surface area (Å²) >= 11 is 6.15. The second-order valence-corrected chi connectivity index (χ2v) is 6.50.